The summed E-state index contributed by atoms with van der Waals surface area (Å²) in [5, 5.41) is 0. The van der Waals surface area contributed by atoms with Crippen LogP contribution in [0.25, 0.3) is 0 Å². The quantitative estimate of drug-likeness (QED) is 0.659. The number of benzene rings is 1. The third-order valence-electron chi connectivity index (χ3n) is 5.46. The number of fused-ring (bicyclic) bond motifs is 2. The predicted molar refractivity (Wildman–Crippen MR) is 94.7 cm³/mol. The van der Waals surface area contributed by atoms with Crippen LogP contribution < -0.4 is 0 Å². The summed E-state index contributed by atoms with van der Waals surface area (Å²) >= 11 is 0. The van der Waals surface area contributed by atoms with Crippen LogP contribution in [-0.2, 0) is 12.8 Å². The van der Waals surface area contributed by atoms with Crippen LogP contribution in [0.15, 0.2) is 53.1 Å². The fourth-order valence-electron chi connectivity index (χ4n) is 4.12. The highest BCUT2D eigenvalue weighted by molar-refractivity contribution is 6.11. The summed E-state index contributed by atoms with van der Waals surface area (Å²) in [5.41, 5.74) is 7.46. The van der Waals surface area contributed by atoms with Crippen molar-refractivity contribution >= 4 is 5.78 Å². The van der Waals surface area contributed by atoms with Crippen molar-refractivity contribution in [2.24, 2.45) is 0 Å². The van der Waals surface area contributed by atoms with Crippen LogP contribution in [0.3, 0.4) is 0 Å². The van der Waals surface area contributed by atoms with E-state index in [0.29, 0.717) is 0 Å². The molecule has 0 unspecified atom stereocenters. The van der Waals surface area contributed by atoms with Crippen LogP contribution in [0, 0.1) is 0 Å². The Balaban J connectivity index is 1.63. The van der Waals surface area contributed by atoms with Gasteiger partial charge < -0.3 is 0 Å². The van der Waals surface area contributed by atoms with E-state index in [-0.39, 0.29) is 5.78 Å². The number of aryl methyl sites for hydroxylation is 2. The van der Waals surface area contributed by atoms with E-state index in [4.69, 9.17) is 0 Å². The number of carbonyl (C=O) groups is 1. The largest absolute Gasteiger partial charge is 0.289 e. The van der Waals surface area contributed by atoms with E-state index in [2.05, 4.69) is 30.4 Å². The highest BCUT2D eigenvalue weighted by Gasteiger charge is 2.19. The molecule has 1 aromatic rings. The van der Waals surface area contributed by atoms with Gasteiger partial charge in [0.1, 0.15) is 0 Å². The standard InChI is InChI=1S/C22H24O/c23-22(21-13-12-17-7-2-4-9-19(17)15-21)20-11-5-10-16-6-1-3-8-18(16)14-20/h10-15H,1-9H2. The van der Waals surface area contributed by atoms with Gasteiger partial charge in [0.15, 0.2) is 5.78 Å². The molecule has 0 heterocycles. The van der Waals surface area contributed by atoms with Gasteiger partial charge in [-0.05, 0) is 92.2 Å². The Morgan fingerprint density at radius 3 is 2.39 bits per heavy atom. The van der Waals surface area contributed by atoms with Crippen LogP contribution in [0.5, 0.6) is 0 Å². The zero-order valence-electron chi connectivity index (χ0n) is 13.7. The lowest BCUT2D eigenvalue weighted by Crippen LogP contribution is -2.08. The molecular formula is C22H24O. The highest BCUT2D eigenvalue weighted by atomic mass is 16.1. The van der Waals surface area contributed by atoms with Crippen LogP contribution in [0.2, 0.25) is 0 Å². The van der Waals surface area contributed by atoms with Gasteiger partial charge in [-0.3, -0.25) is 4.79 Å². The molecule has 3 aliphatic rings. The Labute approximate surface area is 138 Å². The number of Topliss-reactive ketones (excluding diaryl/α,β-unsaturated/α-hetero) is 1. The summed E-state index contributed by atoms with van der Waals surface area (Å²) in [5.74, 6) is 0.200. The van der Waals surface area contributed by atoms with Gasteiger partial charge in [0, 0.05) is 11.1 Å². The summed E-state index contributed by atoms with van der Waals surface area (Å²) in [6, 6.07) is 6.36. The van der Waals surface area contributed by atoms with Gasteiger partial charge in [0.25, 0.3) is 0 Å². The molecular weight excluding hydrogens is 280 g/mol. The number of carbonyl (C=O) groups excluding carboxylic acids is 1. The average Bonchev–Trinajstić information content (AvgIpc) is 2.83. The van der Waals surface area contributed by atoms with E-state index in [0.717, 1.165) is 30.4 Å². The number of hydrogen-bond donors (Lipinski definition) is 0. The van der Waals surface area contributed by atoms with Crippen LogP contribution in [-0.4, -0.2) is 5.78 Å². The first-order valence-corrected chi connectivity index (χ1v) is 9.08. The van der Waals surface area contributed by atoms with Gasteiger partial charge in [-0.1, -0.05) is 24.3 Å². The molecule has 23 heavy (non-hydrogen) atoms. The fraction of sp³-hybridized carbons (Fsp3) is 0.409. The summed E-state index contributed by atoms with van der Waals surface area (Å²) in [6.07, 6.45) is 17.2. The number of ketones is 1. The third kappa shape index (κ3) is 2.97. The van der Waals surface area contributed by atoms with E-state index < -0.39 is 0 Å². The Bertz CT molecular complexity index is 730. The lowest BCUT2D eigenvalue weighted by Gasteiger charge is -2.18. The molecule has 3 aliphatic carbocycles. The second-order valence-electron chi connectivity index (χ2n) is 7.02. The molecule has 0 aliphatic heterocycles. The van der Waals surface area contributed by atoms with Crippen LogP contribution >= 0.6 is 0 Å². The van der Waals surface area contributed by atoms with Gasteiger partial charge in [0.05, 0.1) is 0 Å². The van der Waals surface area contributed by atoms with Crippen molar-refractivity contribution in [1.82, 2.24) is 0 Å². The highest BCUT2D eigenvalue weighted by Crippen LogP contribution is 2.32. The van der Waals surface area contributed by atoms with Crippen LogP contribution in [0.4, 0.5) is 0 Å². The first kappa shape index (κ1) is 14.7. The topological polar surface area (TPSA) is 17.1 Å². The van der Waals surface area contributed by atoms with E-state index >= 15 is 0 Å². The lowest BCUT2D eigenvalue weighted by molar-refractivity contribution is 0.103. The van der Waals surface area contributed by atoms with Gasteiger partial charge in [-0.2, -0.15) is 0 Å². The minimum absolute atomic E-state index is 0.200. The normalized spacial score (nSPS) is 20.4. The van der Waals surface area contributed by atoms with Crippen molar-refractivity contribution in [2.75, 3.05) is 0 Å². The molecule has 1 saturated carbocycles. The van der Waals surface area contributed by atoms with E-state index in [1.165, 1.54) is 60.8 Å². The minimum atomic E-state index is 0.200. The monoisotopic (exact) mass is 304 g/mol. The molecule has 0 spiro atoms. The zero-order valence-corrected chi connectivity index (χ0v) is 13.7. The molecule has 0 radical (unpaired) electrons. The number of hydrogen-bond acceptors (Lipinski definition) is 1. The maximum atomic E-state index is 13.0. The van der Waals surface area contributed by atoms with Crippen molar-refractivity contribution in [3.63, 3.8) is 0 Å². The zero-order chi connectivity index (χ0) is 15.6. The number of allylic oxidation sites excluding steroid dienone is 6. The molecule has 1 aromatic carbocycles. The maximum Gasteiger partial charge on any atom is 0.192 e. The van der Waals surface area contributed by atoms with E-state index in [1.54, 1.807) is 0 Å². The van der Waals surface area contributed by atoms with E-state index in [9.17, 15) is 4.79 Å². The second kappa shape index (κ2) is 6.31. The van der Waals surface area contributed by atoms with Crippen molar-refractivity contribution in [1.29, 1.82) is 0 Å². The molecule has 1 nitrogen and oxygen atoms in total. The van der Waals surface area contributed by atoms with Gasteiger partial charge in [0.2, 0.25) is 0 Å². The molecule has 1 heteroatoms. The fourth-order valence-corrected chi connectivity index (χ4v) is 4.12. The van der Waals surface area contributed by atoms with Crippen molar-refractivity contribution in [3.8, 4) is 0 Å². The summed E-state index contributed by atoms with van der Waals surface area (Å²) in [6.45, 7) is 0. The lowest BCUT2D eigenvalue weighted by atomic mass is 9.87. The first-order valence-electron chi connectivity index (χ1n) is 9.08. The molecule has 118 valence electrons. The predicted octanol–water partition coefficient (Wildman–Crippen LogP) is 5.51. The van der Waals surface area contributed by atoms with Crippen molar-refractivity contribution in [2.45, 2.75) is 57.8 Å². The van der Waals surface area contributed by atoms with Gasteiger partial charge in [-0.25, -0.2) is 0 Å². The molecule has 1 fully saturated rings. The number of rotatable bonds is 2. The molecule has 0 saturated heterocycles. The SMILES string of the molecule is O=C(C1=CCC=C2CCCCC2=C1)c1ccc2c(c1)CCCC2. The van der Waals surface area contributed by atoms with E-state index in [1.807, 2.05) is 6.07 Å². The maximum absolute atomic E-state index is 13.0. The molecule has 0 atom stereocenters. The second-order valence-corrected chi connectivity index (χ2v) is 7.02. The molecule has 4 rings (SSSR count). The summed E-state index contributed by atoms with van der Waals surface area (Å²) < 4.78 is 0. The summed E-state index contributed by atoms with van der Waals surface area (Å²) in [4.78, 5) is 13.0. The Morgan fingerprint density at radius 2 is 1.52 bits per heavy atom. The van der Waals surface area contributed by atoms with Crippen LogP contribution in [0.1, 0.15) is 66.4 Å². The smallest absolute Gasteiger partial charge is 0.192 e. The molecule has 0 amide bonds. The van der Waals surface area contributed by atoms with Crippen molar-refractivity contribution in [3.05, 3.63) is 69.8 Å². The Hall–Kier alpha value is -1.89. The van der Waals surface area contributed by atoms with Gasteiger partial charge in [-0.15, -0.1) is 0 Å². The third-order valence-corrected chi connectivity index (χ3v) is 5.46. The summed E-state index contributed by atoms with van der Waals surface area (Å²) in [7, 11) is 0. The Morgan fingerprint density at radius 1 is 0.783 bits per heavy atom. The molecule has 0 aromatic heterocycles. The average molecular weight is 304 g/mol. The Kier molecular flexibility index (Phi) is 4.03. The van der Waals surface area contributed by atoms with Crippen molar-refractivity contribution < 1.29 is 4.79 Å². The minimum Gasteiger partial charge on any atom is -0.289 e. The molecule has 0 bridgehead atoms. The van der Waals surface area contributed by atoms with Gasteiger partial charge >= 0.3 is 0 Å². The molecule has 0 N–H and O–H groups in total. The first-order chi connectivity index (χ1) is 11.3.